The minimum Gasteiger partial charge on any atom is -0.460 e. The number of hydrogen-bond donors (Lipinski definition) is 1. The number of carbonyl (C=O) groups is 2. The van der Waals surface area contributed by atoms with Crippen LogP contribution < -0.4 is 5.32 Å². The lowest BCUT2D eigenvalue weighted by Crippen LogP contribution is -2.46. The maximum Gasteiger partial charge on any atom is 0.306 e. The normalized spacial score (nSPS) is 14.5. The molecule has 0 fully saturated rings. The minimum absolute atomic E-state index is 0.104. The number of rotatable bonds is 16. The van der Waals surface area contributed by atoms with E-state index in [1.165, 1.54) is 0 Å². The van der Waals surface area contributed by atoms with Crippen molar-refractivity contribution >= 4 is 11.9 Å². The summed E-state index contributed by atoms with van der Waals surface area (Å²) < 4.78 is 23.0. The second-order valence-corrected chi connectivity index (χ2v) is 13.9. The van der Waals surface area contributed by atoms with Crippen LogP contribution >= 0.6 is 0 Å². The Morgan fingerprint density at radius 3 is 1.42 bits per heavy atom. The van der Waals surface area contributed by atoms with E-state index in [0.29, 0.717) is 38.9 Å². The van der Waals surface area contributed by atoms with E-state index >= 15 is 0 Å². The van der Waals surface area contributed by atoms with Gasteiger partial charge in [-0.3, -0.25) is 9.59 Å². The zero-order valence-electron chi connectivity index (χ0n) is 25.7. The summed E-state index contributed by atoms with van der Waals surface area (Å²) in [6.45, 7) is 27.0. The number of ether oxygens (including phenoxy) is 4. The number of nitrogens with one attached hydrogen (secondary N) is 1. The Morgan fingerprint density at radius 1 is 0.639 bits per heavy atom. The van der Waals surface area contributed by atoms with Crippen LogP contribution in [0.1, 0.15) is 129 Å². The van der Waals surface area contributed by atoms with Crippen molar-refractivity contribution in [3.63, 3.8) is 0 Å². The van der Waals surface area contributed by atoms with E-state index in [4.69, 9.17) is 18.9 Å². The van der Waals surface area contributed by atoms with E-state index in [1.54, 1.807) is 0 Å². The predicted octanol–water partition coefficient (Wildman–Crippen LogP) is 6.36. The van der Waals surface area contributed by atoms with Gasteiger partial charge < -0.3 is 24.3 Å². The van der Waals surface area contributed by atoms with E-state index in [-0.39, 0.29) is 29.1 Å². The molecule has 0 aliphatic heterocycles. The first-order valence-electron chi connectivity index (χ1n) is 13.5. The summed E-state index contributed by atoms with van der Waals surface area (Å²) in [6.07, 6.45) is 3.64. The molecule has 0 amide bonds. The summed E-state index contributed by atoms with van der Waals surface area (Å²) in [6, 6.07) is 0.266. The molecular formula is C29H57NO6. The Balaban J connectivity index is 4.31. The summed E-state index contributed by atoms with van der Waals surface area (Å²) in [7, 11) is 0. The second kappa shape index (κ2) is 14.1. The van der Waals surface area contributed by atoms with E-state index in [1.807, 2.05) is 69.2 Å². The lowest BCUT2D eigenvalue weighted by Gasteiger charge is -2.33. The van der Waals surface area contributed by atoms with Gasteiger partial charge in [-0.2, -0.15) is 0 Å². The molecule has 36 heavy (non-hydrogen) atoms. The van der Waals surface area contributed by atoms with Crippen LogP contribution in [0.15, 0.2) is 0 Å². The molecule has 1 unspecified atom stereocenters. The molecule has 0 aromatic carbocycles. The molecule has 0 saturated heterocycles. The standard InChI is InChI=1S/C29H57NO6/c1-22(16-20-33-28(10,11)17-14-23(31)35-25(2,3)4)30-27(8,9)19-21-34-29(12,13)18-15-24(32)36-26(5,6)7/h22,30H,14-21H2,1-13H3. The second-order valence-electron chi connectivity index (χ2n) is 13.9. The Kier molecular flexibility index (Phi) is 13.6. The van der Waals surface area contributed by atoms with Crippen LogP contribution in [0.25, 0.3) is 0 Å². The van der Waals surface area contributed by atoms with Crippen molar-refractivity contribution in [3.8, 4) is 0 Å². The van der Waals surface area contributed by atoms with Gasteiger partial charge in [-0.25, -0.2) is 0 Å². The first-order chi connectivity index (χ1) is 16.0. The van der Waals surface area contributed by atoms with Crippen molar-refractivity contribution in [2.24, 2.45) is 0 Å². The lowest BCUT2D eigenvalue weighted by atomic mass is 9.98. The largest absolute Gasteiger partial charge is 0.460 e. The molecule has 7 heteroatoms. The molecule has 0 spiro atoms. The van der Waals surface area contributed by atoms with Gasteiger partial charge in [0, 0.05) is 37.6 Å². The smallest absolute Gasteiger partial charge is 0.306 e. The molecule has 0 rings (SSSR count). The molecule has 0 aromatic heterocycles. The Morgan fingerprint density at radius 2 is 1.03 bits per heavy atom. The van der Waals surface area contributed by atoms with Crippen LogP contribution in [0, 0.1) is 0 Å². The van der Waals surface area contributed by atoms with Crippen LogP contribution in [0.3, 0.4) is 0 Å². The van der Waals surface area contributed by atoms with Crippen molar-refractivity contribution in [2.75, 3.05) is 13.2 Å². The molecule has 0 aliphatic carbocycles. The third kappa shape index (κ3) is 19.9. The summed E-state index contributed by atoms with van der Waals surface area (Å²) in [5.74, 6) is -0.378. The Labute approximate surface area is 221 Å². The molecule has 0 aliphatic rings. The van der Waals surface area contributed by atoms with Crippen LogP contribution in [0.5, 0.6) is 0 Å². The topological polar surface area (TPSA) is 83.1 Å². The predicted molar refractivity (Wildman–Crippen MR) is 146 cm³/mol. The van der Waals surface area contributed by atoms with Gasteiger partial charge in [0.1, 0.15) is 11.2 Å². The van der Waals surface area contributed by atoms with Gasteiger partial charge in [-0.15, -0.1) is 0 Å². The lowest BCUT2D eigenvalue weighted by molar-refractivity contribution is -0.157. The van der Waals surface area contributed by atoms with Crippen LogP contribution in [0.4, 0.5) is 0 Å². The highest BCUT2D eigenvalue weighted by Crippen LogP contribution is 2.22. The third-order valence-electron chi connectivity index (χ3n) is 5.60. The van der Waals surface area contributed by atoms with Gasteiger partial charge in [0.05, 0.1) is 11.2 Å². The van der Waals surface area contributed by atoms with Gasteiger partial charge >= 0.3 is 11.9 Å². The van der Waals surface area contributed by atoms with Gasteiger partial charge in [0.15, 0.2) is 0 Å². The summed E-state index contributed by atoms with van der Waals surface area (Å²) in [5, 5.41) is 3.67. The van der Waals surface area contributed by atoms with Crippen molar-refractivity contribution in [1.29, 1.82) is 0 Å². The monoisotopic (exact) mass is 515 g/mol. The van der Waals surface area contributed by atoms with E-state index < -0.39 is 16.8 Å². The minimum atomic E-state index is -0.463. The molecular weight excluding hydrogens is 458 g/mol. The van der Waals surface area contributed by atoms with Gasteiger partial charge in [-0.05, 0) is 116 Å². The molecule has 1 N–H and O–H groups in total. The van der Waals surface area contributed by atoms with Gasteiger partial charge in [0.25, 0.3) is 0 Å². The average Bonchev–Trinajstić information content (AvgIpc) is 2.61. The van der Waals surface area contributed by atoms with Crippen molar-refractivity contribution in [3.05, 3.63) is 0 Å². The van der Waals surface area contributed by atoms with Crippen molar-refractivity contribution < 1.29 is 28.5 Å². The Hall–Kier alpha value is -1.18. The fraction of sp³-hybridized carbons (Fsp3) is 0.931. The fourth-order valence-electron chi connectivity index (χ4n) is 3.64. The molecule has 0 bridgehead atoms. The molecule has 0 heterocycles. The third-order valence-corrected chi connectivity index (χ3v) is 5.60. The van der Waals surface area contributed by atoms with Crippen LogP contribution in [-0.2, 0) is 28.5 Å². The quantitative estimate of drug-likeness (QED) is 0.240. The number of carbonyl (C=O) groups excluding carboxylic acids is 2. The number of esters is 2. The molecule has 0 radical (unpaired) electrons. The highest BCUT2D eigenvalue weighted by molar-refractivity contribution is 5.70. The highest BCUT2D eigenvalue weighted by atomic mass is 16.6. The maximum atomic E-state index is 12.0. The summed E-state index contributed by atoms with van der Waals surface area (Å²) >= 11 is 0. The van der Waals surface area contributed by atoms with E-state index in [9.17, 15) is 9.59 Å². The van der Waals surface area contributed by atoms with Crippen LogP contribution in [0.2, 0.25) is 0 Å². The zero-order chi connectivity index (χ0) is 28.4. The fourth-order valence-corrected chi connectivity index (χ4v) is 3.64. The van der Waals surface area contributed by atoms with Crippen molar-refractivity contribution in [1.82, 2.24) is 5.32 Å². The SMILES string of the molecule is CC(CCOC(C)(C)CCC(=O)OC(C)(C)C)NC(C)(C)CCOC(C)(C)CCC(=O)OC(C)(C)C. The molecule has 1 atom stereocenters. The maximum absolute atomic E-state index is 12.0. The van der Waals surface area contributed by atoms with Gasteiger partial charge in [-0.1, -0.05) is 0 Å². The van der Waals surface area contributed by atoms with Gasteiger partial charge in [0.2, 0.25) is 0 Å². The molecule has 7 nitrogen and oxygen atoms in total. The van der Waals surface area contributed by atoms with Crippen LogP contribution in [-0.4, -0.2) is 59.1 Å². The number of hydrogen-bond acceptors (Lipinski definition) is 7. The first kappa shape index (κ1) is 34.8. The van der Waals surface area contributed by atoms with E-state index in [2.05, 4.69) is 26.1 Å². The summed E-state index contributed by atoms with van der Waals surface area (Å²) in [4.78, 5) is 24.0. The molecule has 0 aromatic rings. The average molecular weight is 516 g/mol. The zero-order valence-corrected chi connectivity index (χ0v) is 25.7. The Bertz CT molecular complexity index is 670. The van der Waals surface area contributed by atoms with E-state index in [0.717, 1.165) is 12.8 Å². The molecule has 214 valence electrons. The first-order valence-corrected chi connectivity index (χ1v) is 13.5. The highest BCUT2D eigenvalue weighted by Gasteiger charge is 2.26. The molecule has 0 saturated carbocycles. The van der Waals surface area contributed by atoms with Crippen molar-refractivity contribution in [2.45, 2.75) is 163 Å². The summed E-state index contributed by atoms with van der Waals surface area (Å²) in [5.41, 5.74) is -1.80.